The summed E-state index contributed by atoms with van der Waals surface area (Å²) in [5, 5.41) is 10.4. The van der Waals surface area contributed by atoms with Gasteiger partial charge in [0.25, 0.3) is 0 Å². The van der Waals surface area contributed by atoms with Crippen LogP contribution < -0.4 is 0 Å². The van der Waals surface area contributed by atoms with E-state index in [1.54, 1.807) is 6.08 Å². The standard InChI is InChI=1S/C19H24O5/c1-2-14-17(22-14)10-16-13(20)8-9-15-18(23-16)11-21-19(24-15)12-6-4-3-5-7-12/h2-7,13-20H,1,8-11H2/t13-,14-,15+,16+,17-,18-,19-/m1/s1. The summed E-state index contributed by atoms with van der Waals surface area (Å²) in [6.07, 6.45) is 2.83. The van der Waals surface area contributed by atoms with Crippen molar-refractivity contribution in [3.63, 3.8) is 0 Å². The summed E-state index contributed by atoms with van der Waals surface area (Å²) >= 11 is 0. The van der Waals surface area contributed by atoms with E-state index < -0.39 is 6.10 Å². The van der Waals surface area contributed by atoms with E-state index in [4.69, 9.17) is 18.9 Å². The Hall–Kier alpha value is -1.24. The van der Waals surface area contributed by atoms with Crippen molar-refractivity contribution in [3.05, 3.63) is 48.6 Å². The molecule has 3 fully saturated rings. The van der Waals surface area contributed by atoms with Gasteiger partial charge in [0.2, 0.25) is 0 Å². The maximum absolute atomic E-state index is 10.4. The Labute approximate surface area is 142 Å². The van der Waals surface area contributed by atoms with E-state index in [-0.39, 0.29) is 36.8 Å². The molecule has 0 aromatic heterocycles. The fourth-order valence-corrected chi connectivity index (χ4v) is 3.57. The van der Waals surface area contributed by atoms with E-state index >= 15 is 0 Å². The second kappa shape index (κ2) is 6.94. The number of epoxide rings is 1. The Kier molecular flexibility index (Phi) is 4.70. The van der Waals surface area contributed by atoms with Crippen LogP contribution in [-0.4, -0.2) is 48.3 Å². The molecule has 3 aliphatic heterocycles. The number of hydrogen-bond donors (Lipinski definition) is 1. The second-order valence-electron chi connectivity index (χ2n) is 6.72. The highest BCUT2D eigenvalue weighted by atomic mass is 16.7. The normalized spacial score (nSPS) is 42.0. The van der Waals surface area contributed by atoms with Gasteiger partial charge >= 0.3 is 0 Å². The van der Waals surface area contributed by atoms with E-state index in [9.17, 15) is 5.11 Å². The molecule has 1 N–H and O–H groups in total. The van der Waals surface area contributed by atoms with Gasteiger partial charge in [-0.05, 0) is 12.8 Å². The molecule has 5 heteroatoms. The van der Waals surface area contributed by atoms with Gasteiger partial charge in [-0.3, -0.25) is 0 Å². The summed E-state index contributed by atoms with van der Waals surface area (Å²) < 4.78 is 23.6. The lowest BCUT2D eigenvalue weighted by Gasteiger charge is -2.36. The Morgan fingerprint density at radius 2 is 1.88 bits per heavy atom. The van der Waals surface area contributed by atoms with Crippen LogP contribution >= 0.6 is 0 Å². The van der Waals surface area contributed by atoms with E-state index in [1.165, 1.54) is 0 Å². The van der Waals surface area contributed by atoms with Crippen molar-refractivity contribution in [2.45, 2.75) is 62.2 Å². The van der Waals surface area contributed by atoms with Crippen LogP contribution in [0.2, 0.25) is 0 Å². The van der Waals surface area contributed by atoms with Gasteiger partial charge in [0.1, 0.15) is 12.2 Å². The van der Waals surface area contributed by atoms with Crippen molar-refractivity contribution in [1.82, 2.24) is 0 Å². The van der Waals surface area contributed by atoms with E-state index in [0.717, 1.165) is 12.0 Å². The molecule has 0 unspecified atom stereocenters. The predicted molar refractivity (Wildman–Crippen MR) is 87.4 cm³/mol. The third-order valence-electron chi connectivity index (χ3n) is 5.04. The van der Waals surface area contributed by atoms with Crippen LogP contribution in [0.3, 0.4) is 0 Å². The molecule has 0 aliphatic carbocycles. The van der Waals surface area contributed by atoms with Crippen molar-refractivity contribution >= 4 is 0 Å². The minimum atomic E-state index is -0.496. The molecule has 7 atom stereocenters. The molecule has 1 aromatic carbocycles. The van der Waals surface area contributed by atoms with Gasteiger partial charge in [0.15, 0.2) is 6.29 Å². The first kappa shape index (κ1) is 16.2. The van der Waals surface area contributed by atoms with Crippen LogP contribution in [0.1, 0.15) is 31.1 Å². The highest BCUT2D eigenvalue weighted by molar-refractivity contribution is 5.16. The van der Waals surface area contributed by atoms with Crippen molar-refractivity contribution in [2.24, 2.45) is 0 Å². The van der Waals surface area contributed by atoms with Gasteiger partial charge in [-0.2, -0.15) is 0 Å². The fraction of sp³-hybridized carbons (Fsp3) is 0.579. The first-order valence-electron chi connectivity index (χ1n) is 8.68. The zero-order valence-electron chi connectivity index (χ0n) is 13.6. The van der Waals surface area contributed by atoms with Gasteiger partial charge in [-0.1, -0.05) is 36.4 Å². The molecule has 3 saturated heterocycles. The minimum absolute atomic E-state index is 0.0565. The molecule has 0 amide bonds. The molecular formula is C19H24O5. The third kappa shape index (κ3) is 3.41. The highest BCUT2D eigenvalue weighted by Gasteiger charge is 2.44. The third-order valence-corrected chi connectivity index (χ3v) is 5.04. The van der Waals surface area contributed by atoms with E-state index in [2.05, 4.69) is 6.58 Å². The summed E-state index contributed by atoms with van der Waals surface area (Å²) in [4.78, 5) is 0. The lowest BCUT2D eigenvalue weighted by molar-refractivity contribution is -0.270. The van der Waals surface area contributed by atoms with Crippen molar-refractivity contribution in [2.75, 3.05) is 6.61 Å². The topological polar surface area (TPSA) is 60.5 Å². The molecule has 24 heavy (non-hydrogen) atoms. The molecule has 4 rings (SSSR count). The number of ether oxygens (including phenoxy) is 4. The summed E-state index contributed by atoms with van der Waals surface area (Å²) in [6.45, 7) is 4.21. The largest absolute Gasteiger partial charge is 0.390 e. The Bertz CT molecular complexity index is 562. The van der Waals surface area contributed by atoms with E-state index in [1.807, 2.05) is 30.3 Å². The maximum Gasteiger partial charge on any atom is 0.184 e. The van der Waals surface area contributed by atoms with Gasteiger partial charge in [-0.25, -0.2) is 0 Å². The number of benzene rings is 1. The molecule has 3 aliphatic rings. The molecule has 1 aromatic rings. The zero-order valence-corrected chi connectivity index (χ0v) is 13.6. The minimum Gasteiger partial charge on any atom is -0.390 e. The van der Waals surface area contributed by atoms with E-state index in [0.29, 0.717) is 19.4 Å². The van der Waals surface area contributed by atoms with Crippen molar-refractivity contribution in [3.8, 4) is 0 Å². The average Bonchev–Trinajstić information content (AvgIpc) is 3.40. The predicted octanol–water partition coefficient (Wildman–Crippen LogP) is 2.35. The number of fused-ring (bicyclic) bond motifs is 1. The molecule has 0 bridgehead atoms. The molecule has 130 valence electrons. The van der Waals surface area contributed by atoms with Crippen LogP contribution in [0.25, 0.3) is 0 Å². The zero-order chi connectivity index (χ0) is 16.5. The van der Waals surface area contributed by atoms with Gasteiger partial charge in [0, 0.05) is 12.0 Å². The van der Waals surface area contributed by atoms with Crippen LogP contribution in [-0.2, 0) is 18.9 Å². The fourth-order valence-electron chi connectivity index (χ4n) is 3.57. The summed E-state index contributed by atoms with van der Waals surface area (Å²) in [7, 11) is 0. The molecular weight excluding hydrogens is 308 g/mol. The number of hydrogen-bond acceptors (Lipinski definition) is 5. The highest BCUT2D eigenvalue weighted by Crippen LogP contribution is 2.36. The first-order valence-corrected chi connectivity index (χ1v) is 8.68. The molecule has 0 saturated carbocycles. The van der Waals surface area contributed by atoms with Crippen LogP contribution in [0.5, 0.6) is 0 Å². The number of rotatable bonds is 4. The average molecular weight is 332 g/mol. The maximum atomic E-state index is 10.4. The summed E-state index contributed by atoms with van der Waals surface area (Å²) in [5.74, 6) is 0. The number of aliphatic hydroxyl groups is 1. The first-order chi connectivity index (χ1) is 11.7. The van der Waals surface area contributed by atoms with Crippen LogP contribution in [0.4, 0.5) is 0 Å². The summed E-state index contributed by atoms with van der Waals surface area (Å²) in [5.41, 5.74) is 1.01. The Morgan fingerprint density at radius 3 is 2.62 bits per heavy atom. The van der Waals surface area contributed by atoms with Crippen molar-refractivity contribution in [1.29, 1.82) is 0 Å². The molecule has 0 spiro atoms. The molecule has 0 radical (unpaired) electrons. The molecule has 5 nitrogen and oxygen atoms in total. The lowest BCUT2D eigenvalue weighted by atomic mass is 10.0. The second-order valence-corrected chi connectivity index (χ2v) is 6.72. The lowest BCUT2D eigenvalue weighted by Crippen LogP contribution is -2.43. The Morgan fingerprint density at radius 1 is 1.04 bits per heavy atom. The smallest absolute Gasteiger partial charge is 0.184 e. The van der Waals surface area contributed by atoms with Gasteiger partial charge < -0.3 is 24.1 Å². The Balaban J connectivity index is 1.39. The SMILES string of the molecule is C=C[C@H]1O[C@@H]1C[C@@H]1O[C@@H]2CO[C@@H](c3ccccc3)O[C@H]2CC[C@H]1O. The number of aliphatic hydroxyl groups excluding tert-OH is 1. The van der Waals surface area contributed by atoms with Crippen LogP contribution in [0.15, 0.2) is 43.0 Å². The quantitative estimate of drug-likeness (QED) is 0.677. The molecule has 3 heterocycles. The van der Waals surface area contributed by atoms with Crippen LogP contribution in [0, 0.1) is 0 Å². The van der Waals surface area contributed by atoms with Crippen molar-refractivity contribution < 1.29 is 24.1 Å². The summed E-state index contributed by atoms with van der Waals surface area (Å²) in [6, 6.07) is 9.92. The van der Waals surface area contributed by atoms with Gasteiger partial charge in [-0.15, -0.1) is 6.58 Å². The van der Waals surface area contributed by atoms with Gasteiger partial charge in [0.05, 0.1) is 31.0 Å². The monoisotopic (exact) mass is 332 g/mol.